The second-order valence-corrected chi connectivity index (χ2v) is 8.51. The van der Waals surface area contributed by atoms with Gasteiger partial charge in [-0.3, -0.25) is 9.39 Å². The molecule has 0 aromatic carbocycles. The zero-order chi connectivity index (χ0) is 22.7. The second-order valence-electron chi connectivity index (χ2n) is 8.51. The third-order valence-electron chi connectivity index (χ3n) is 4.62. The molecule has 9 heteroatoms. The molecular formula is C22H37N7O2. The number of pyridine rings is 1. The van der Waals surface area contributed by atoms with E-state index in [-0.39, 0.29) is 6.04 Å². The first kappa shape index (κ1) is 24.4. The molecule has 3 N–H and O–H groups in total. The van der Waals surface area contributed by atoms with Gasteiger partial charge in [0.1, 0.15) is 11.4 Å². The van der Waals surface area contributed by atoms with Gasteiger partial charge in [-0.25, -0.2) is 4.79 Å². The molecule has 2 aromatic rings. The number of rotatable bonds is 10. The average Bonchev–Trinajstić information content (AvgIpc) is 3.13. The maximum Gasteiger partial charge on any atom is 0.407 e. The van der Waals surface area contributed by atoms with E-state index in [1.165, 1.54) is 0 Å². The van der Waals surface area contributed by atoms with E-state index in [1.54, 1.807) is 7.05 Å². The van der Waals surface area contributed by atoms with Crippen LogP contribution in [0.15, 0.2) is 29.4 Å². The summed E-state index contributed by atoms with van der Waals surface area (Å²) in [5.74, 6) is 1.67. The number of aliphatic imine (C=N–C) groups is 1. The number of ether oxygens (including phenoxy) is 1. The van der Waals surface area contributed by atoms with E-state index in [1.807, 2.05) is 49.6 Å². The van der Waals surface area contributed by atoms with Gasteiger partial charge in [0.25, 0.3) is 0 Å². The minimum atomic E-state index is -0.510. The summed E-state index contributed by atoms with van der Waals surface area (Å²) in [5.41, 5.74) is 0.350. The van der Waals surface area contributed by atoms with Crippen molar-refractivity contribution in [3.05, 3.63) is 30.2 Å². The van der Waals surface area contributed by atoms with Crippen LogP contribution in [-0.4, -0.2) is 58.4 Å². The summed E-state index contributed by atoms with van der Waals surface area (Å²) < 4.78 is 7.34. The Morgan fingerprint density at radius 2 is 2.03 bits per heavy atom. The van der Waals surface area contributed by atoms with Gasteiger partial charge in [0.2, 0.25) is 0 Å². The van der Waals surface area contributed by atoms with Crippen LogP contribution in [0.5, 0.6) is 0 Å². The molecule has 0 aliphatic rings. The van der Waals surface area contributed by atoms with Crippen molar-refractivity contribution in [1.82, 2.24) is 30.5 Å². The van der Waals surface area contributed by atoms with E-state index < -0.39 is 11.7 Å². The van der Waals surface area contributed by atoms with Gasteiger partial charge < -0.3 is 20.7 Å². The first-order chi connectivity index (χ1) is 14.8. The normalized spacial score (nSPS) is 13.1. The standard InChI is InChI=1S/C22H37N7O2/c1-6-7-11-17(16-25-21(30)31-22(2,3)4)26-20(23-5)24-14-10-13-19-28-27-18-12-8-9-15-29(18)19/h8-9,12,15,17H,6-7,10-11,13-14,16H2,1-5H3,(H,25,30)(H2,23,24,26). The number of guanidine groups is 1. The summed E-state index contributed by atoms with van der Waals surface area (Å²) in [6.45, 7) is 8.94. The molecule has 0 bridgehead atoms. The van der Waals surface area contributed by atoms with E-state index in [9.17, 15) is 4.79 Å². The van der Waals surface area contributed by atoms with Crippen molar-refractivity contribution in [2.45, 2.75) is 71.4 Å². The third-order valence-corrected chi connectivity index (χ3v) is 4.62. The molecule has 0 aliphatic heterocycles. The molecule has 0 fully saturated rings. The topological polar surface area (TPSA) is 105 Å². The van der Waals surface area contributed by atoms with E-state index in [0.717, 1.165) is 56.1 Å². The zero-order valence-corrected chi connectivity index (χ0v) is 19.4. The first-order valence-corrected chi connectivity index (χ1v) is 11.0. The number of hydrogen-bond acceptors (Lipinski definition) is 5. The Kier molecular flexibility index (Phi) is 9.55. The Hall–Kier alpha value is -2.84. The van der Waals surface area contributed by atoms with Gasteiger partial charge in [-0.1, -0.05) is 25.8 Å². The van der Waals surface area contributed by atoms with Gasteiger partial charge >= 0.3 is 6.09 Å². The van der Waals surface area contributed by atoms with Crippen molar-refractivity contribution in [2.24, 2.45) is 4.99 Å². The molecule has 2 rings (SSSR count). The molecule has 0 aliphatic carbocycles. The molecule has 1 amide bonds. The van der Waals surface area contributed by atoms with Crippen LogP contribution in [0.2, 0.25) is 0 Å². The first-order valence-electron chi connectivity index (χ1n) is 11.0. The number of aromatic nitrogens is 3. The number of nitrogens with one attached hydrogen (secondary N) is 3. The molecular weight excluding hydrogens is 394 g/mol. The number of aryl methyl sites for hydroxylation is 1. The molecule has 0 saturated heterocycles. The number of carbonyl (C=O) groups is 1. The summed E-state index contributed by atoms with van der Waals surface area (Å²) in [5, 5.41) is 18.1. The van der Waals surface area contributed by atoms with Crippen molar-refractivity contribution in [3.63, 3.8) is 0 Å². The molecule has 0 radical (unpaired) electrons. The lowest BCUT2D eigenvalue weighted by atomic mass is 10.1. The van der Waals surface area contributed by atoms with Crippen LogP contribution in [0.4, 0.5) is 4.79 Å². The highest BCUT2D eigenvalue weighted by Crippen LogP contribution is 2.07. The molecule has 9 nitrogen and oxygen atoms in total. The fraction of sp³-hybridized carbons (Fsp3) is 0.636. The van der Waals surface area contributed by atoms with Gasteiger partial charge in [-0.15, -0.1) is 10.2 Å². The van der Waals surface area contributed by atoms with E-state index >= 15 is 0 Å². The molecule has 31 heavy (non-hydrogen) atoms. The molecule has 1 atom stereocenters. The van der Waals surface area contributed by atoms with Crippen LogP contribution in [0, 0.1) is 0 Å². The number of hydrogen-bond donors (Lipinski definition) is 3. The summed E-state index contributed by atoms with van der Waals surface area (Å²) in [6.07, 6.45) is 6.36. The van der Waals surface area contributed by atoms with E-state index in [4.69, 9.17) is 4.74 Å². The van der Waals surface area contributed by atoms with Crippen LogP contribution in [-0.2, 0) is 11.2 Å². The van der Waals surface area contributed by atoms with Gasteiger partial charge in [0.05, 0.1) is 0 Å². The number of amides is 1. The maximum absolute atomic E-state index is 12.0. The highest BCUT2D eigenvalue weighted by molar-refractivity contribution is 5.80. The highest BCUT2D eigenvalue weighted by atomic mass is 16.6. The third kappa shape index (κ3) is 8.82. The van der Waals surface area contributed by atoms with Gasteiger partial charge in [0.15, 0.2) is 11.6 Å². The predicted molar refractivity (Wildman–Crippen MR) is 123 cm³/mol. The van der Waals surface area contributed by atoms with E-state index in [0.29, 0.717) is 6.54 Å². The lowest BCUT2D eigenvalue weighted by molar-refractivity contribution is 0.0523. The molecule has 1 unspecified atom stereocenters. The van der Waals surface area contributed by atoms with Crippen LogP contribution >= 0.6 is 0 Å². The number of nitrogens with zero attached hydrogens (tertiary/aromatic N) is 4. The number of unbranched alkanes of at least 4 members (excludes halogenated alkanes) is 1. The Labute approximate surface area is 185 Å². The average molecular weight is 432 g/mol. The van der Waals surface area contributed by atoms with Crippen molar-refractivity contribution in [2.75, 3.05) is 20.1 Å². The number of alkyl carbamates (subject to hydrolysis) is 1. The van der Waals surface area contributed by atoms with Crippen molar-refractivity contribution in [3.8, 4) is 0 Å². The summed E-state index contributed by atoms with van der Waals surface area (Å²) in [6, 6.07) is 5.95. The Morgan fingerprint density at radius 3 is 2.74 bits per heavy atom. The molecule has 2 aromatic heterocycles. The Morgan fingerprint density at radius 1 is 1.23 bits per heavy atom. The van der Waals surface area contributed by atoms with Gasteiger partial charge in [-0.2, -0.15) is 0 Å². The fourth-order valence-corrected chi connectivity index (χ4v) is 3.10. The maximum atomic E-state index is 12.0. The Bertz CT molecular complexity index is 842. The molecule has 0 saturated carbocycles. The molecule has 172 valence electrons. The fourth-order valence-electron chi connectivity index (χ4n) is 3.10. The quantitative estimate of drug-likeness (QED) is 0.303. The zero-order valence-electron chi connectivity index (χ0n) is 19.4. The lowest BCUT2D eigenvalue weighted by Gasteiger charge is -2.24. The predicted octanol–water partition coefficient (Wildman–Crippen LogP) is 2.91. The summed E-state index contributed by atoms with van der Waals surface area (Å²) in [4.78, 5) is 16.3. The van der Waals surface area contributed by atoms with Crippen LogP contribution in [0.1, 0.15) is 59.2 Å². The molecule has 0 spiro atoms. The Balaban J connectivity index is 1.79. The monoisotopic (exact) mass is 431 g/mol. The SMILES string of the molecule is CCCCC(CNC(=O)OC(C)(C)C)NC(=NC)NCCCc1nnc2ccccn12. The smallest absolute Gasteiger partial charge is 0.407 e. The number of fused-ring (bicyclic) bond motifs is 1. The second kappa shape index (κ2) is 12.1. The van der Waals surface area contributed by atoms with Crippen molar-refractivity contribution in [1.29, 1.82) is 0 Å². The van der Waals surface area contributed by atoms with Crippen molar-refractivity contribution < 1.29 is 9.53 Å². The lowest BCUT2D eigenvalue weighted by Crippen LogP contribution is -2.49. The minimum absolute atomic E-state index is 0.0686. The van der Waals surface area contributed by atoms with E-state index in [2.05, 4.69) is 38.1 Å². The largest absolute Gasteiger partial charge is 0.444 e. The minimum Gasteiger partial charge on any atom is -0.444 e. The van der Waals surface area contributed by atoms with Gasteiger partial charge in [0, 0.05) is 38.8 Å². The van der Waals surface area contributed by atoms with Crippen LogP contribution in [0.25, 0.3) is 5.65 Å². The van der Waals surface area contributed by atoms with Crippen molar-refractivity contribution >= 4 is 17.7 Å². The summed E-state index contributed by atoms with van der Waals surface area (Å²) >= 11 is 0. The molecule has 2 heterocycles. The highest BCUT2D eigenvalue weighted by Gasteiger charge is 2.18. The van der Waals surface area contributed by atoms with Crippen LogP contribution in [0.3, 0.4) is 0 Å². The van der Waals surface area contributed by atoms with Crippen LogP contribution < -0.4 is 16.0 Å². The van der Waals surface area contributed by atoms with Gasteiger partial charge in [-0.05, 0) is 45.7 Å². The summed E-state index contributed by atoms with van der Waals surface area (Å²) in [7, 11) is 1.75. The number of carbonyl (C=O) groups excluding carboxylic acids is 1.